The van der Waals surface area contributed by atoms with Gasteiger partial charge < -0.3 is 19.4 Å². The molecule has 8 nitrogen and oxygen atoms in total. The Labute approximate surface area is 153 Å². The van der Waals surface area contributed by atoms with Crippen LogP contribution < -0.4 is 14.5 Å². The van der Waals surface area contributed by atoms with Crippen molar-refractivity contribution in [1.82, 2.24) is 19.9 Å². The van der Waals surface area contributed by atoms with E-state index in [0.29, 0.717) is 24.5 Å². The zero-order valence-corrected chi connectivity index (χ0v) is 15.6. The lowest BCUT2D eigenvalue weighted by atomic mass is 10.2. The van der Waals surface area contributed by atoms with Crippen LogP contribution in [0.1, 0.15) is 16.2 Å². The monoisotopic (exact) mass is 356 g/mol. The van der Waals surface area contributed by atoms with E-state index in [1.54, 1.807) is 25.4 Å². The fourth-order valence-corrected chi connectivity index (χ4v) is 2.88. The second-order valence-corrected chi connectivity index (χ2v) is 6.39. The summed E-state index contributed by atoms with van der Waals surface area (Å²) < 4.78 is 5.04. The summed E-state index contributed by atoms with van der Waals surface area (Å²) in [6.45, 7) is 4.65. The Morgan fingerprint density at radius 1 is 1.15 bits per heavy atom. The van der Waals surface area contributed by atoms with Gasteiger partial charge in [-0.05, 0) is 13.0 Å². The molecule has 3 heterocycles. The van der Waals surface area contributed by atoms with E-state index in [9.17, 15) is 4.79 Å². The van der Waals surface area contributed by atoms with Gasteiger partial charge in [0.25, 0.3) is 5.91 Å². The van der Waals surface area contributed by atoms with Crippen molar-refractivity contribution in [1.29, 1.82) is 0 Å². The number of rotatable bonds is 4. The molecule has 0 spiro atoms. The van der Waals surface area contributed by atoms with E-state index in [0.717, 1.165) is 30.5 Å². The van der Waals surface area contributed by atoms with Crippen molar-refractivity contribution in [3.63, 3.8) is 0 Å². The Balaban J connectivity index is 1.66. The molecule has 2 aromatic rings. The molecule has 0 aromatic carbocycles. The molecule has 2 aromatic heterocycles. The number of carbonyl (C=O) groups is 1. The van der Waals surface area contributed by atoms with Gasteiger partial charge in [-0.15, -0.1) is 0 Å². The fraction of sp³-hybridized carbons (Fsp3) is 0.444. The predicted octanol–water partition coefficient (Wildman–Crippen LogP) is 1.22. The van der Waals surface area contributed by atoms with E-state index in [2.05, 4.69) is 19.9 Å². The Kier molecular flexibility index (Phi) is 5.20. The maximum absolute atomic E-state index is 12.6. The number of hydrogen-bond acceptors (Lipinski definition) is 7. The van der Waals surface area contributed by atoms with Crippen LogP contribution >= 0.6 is 0 Å². The lowest BCUT2D eigenvalue weighted by Crippen LogP contribution is -2.49. The molecule has 0 unspecified atom stereocenters. The first-order chi connectivity index (χ1) is 12.5. The van der Waals surface area contributed by atoms with Crippen LogP contribution in [-0.4, -0.2) is 73.1 Å². The molecule has 1 amide bonds. The average molecular weight is 356 g/mol. The molecular weight excluding hydrogens is 332 g/mol. The van der Waals surface area contributed by atoms with Crippen LogP contribution in [0, 0.1) is 6.92 Å². The molecule has 0 aliphatic carbocycles. The van der Waals surface area contributed by atoms with Gasteiger partial charge in [-0.25, -0.2) is 15.0 Å². The average Bonchev–Trinajstić information content (AvgIpc) is 2.67. The number of piperazine rings is 1. The summed E-state index contributed by atoms with van der Waals surface area (Å²) >= 11 is 0. The molecule has 3 rings (SSSR count). The van der Waals surface area contributed by atoms with Crippen molar-refractivity contribution < 1.29 is 9.53 Å². The third-order valence-corrected chi connectivity index (χ3v) is 4.35. The summed E-state index contributed by atoms with van der Waals surface area (Å²) in [6, 6.07) is 5.44. The number of aromatic nitrogens is 3. The molecule has 8 heteroatoms. The second kappa shape index (κ2) is 7.55. The number of aryl methyl sites for hydroxylation is 1. The van der Waals surface area contributed by atoms with Crippen LogP contribution in [0.4, 0.5) is 11.6 Å². The number of hydrogen-bond donors (Lipinski definition) is 0. The van der Waals surface area contributed by atoms with Crippen molar-refractivity contribution in [2.24, 2.45) is 0 Å². The molecule has 0 atom stereocenters. The largest absolute Gasteiger partial charge is 0.481 e. The summed E-state index contributed by atoms with van der Waals surface area (Å²) in [5.41, 5.74) is 0.576. The number of anilines is 2. The lowest BCUT2D eigenvalue weighted by molar-refractivity contribution is 0.0746. The maximum atomic E-state index is 12.6. The van der Waals surface area contributed by atoms with Crippen molar-refractivity contribution >= 4 is 17.5 Å². The van der Waals surface area contributed by atoms with Gasteiger partial charge in [0.05, 0.1) is 12.7 Å². The predicted molar refractivity (Wildman–Crippen MR) is 100 cm³/mol. The maximum Gasteiger partial charge on any atom is 0.255 e. The normalized spacial score (nSPS) is 14.3. The quantitative estimate of drug-likeness (QED) is 0.815. The van der Waals surface area contributed by atoms with Gasteiger partial charge in [-0.2, -0.15) is 0 Å². The molecule has 1 aliphatic heterocycles. The zero-order chi connectivity index (χ0) is 18.7. The van der Waals surface area contributed by atoms with Crippen LogP contribution in [-0.2, 0) is 0 Å². The zero-order valence-electron chi connectivity index (χ0n) is 15.6. The summed E-state index contributed by atoms with van der Waals surface area (Å²) in [4.78, 5) is 31.7. The Bertz CT molecular complexity index is 770. The van der Waals surface area contributed by atoms with Gasteiger partial charge in [0.15, 0.2) is 0 Å². The third-order valence-electron chi connectivity index (χ3n) is 4.35. The fourth-order valence-electron chi connectivity index (χ4n) is 2.88. The highest BCUT2D eigenvalue weighted by Crippen LogP contribution is 2.20. The number of pyridine rings is 1. The Hall–Kier alpha value is -2.90. The molecular formula is C18H24N6O2. The van der Waals surface area contributed by atoms with E-state index in [1.165, 1.54) is 0 Å². The topological polar surface area (TPSA) is 74.7 Å². The Morgan fingerprint density at radius 3 is 2.46 bits per heavy atom. The minimum absolute atomic E-state index is 0.00680. The van der Waals surface area contributed by atoms with Gasteiger partial charge in [0.2, 0.25) is 5.88 Å². The van der Waals surface area contributed by atoms with E-state index in [1.807, 2.05) is 36.9 Å². The number of amides is 1. The van der Waals surface area contributed by atoms with Gasteiger partial charge >= 0.3 is 0 Å². The Morgan fingerprint density at radius 2 is 1.88 bits per heavy atom. The van der Waals surface area contributed by atoms with Gasteiger partial charge in [-0.1, -0.05) is 0 Å². The first-order valence-electron chi connectivity index (χ1n) is 8.55. The van der Waals surface area contributed by atoms with Crippen LogP contribution in [0.5, 0.6) is 5.88 Å². The number of nitrogens with zero attached hydrogens (tertiary/aromatic N) is 6. The van der Waals surface area contributed by atoms with Crippen LogP contribution in [0.3, 0.4) is 0 Å². The highest BCUT2D eigenvalue weighted by molar-refractivity contribution is 5.94. The highest BCUT2D eigenvalue weighted by atomic mass is 16.5. The summed E-state index contributed by atoms with van der Waals surface area (Å²) in [5, 5.41) is 0. The van der Waals surface area contributed by atoms with Gasteiger partial charge in [0.1, 0.15) is 17.5 Å². The van der Waals surface area contributed by atoms with E-state index in [4.69, 9.17) is 4.74 Å². The van der Waals surface area contributed by atoms with Crippen molar-refractivity contribution in [3.05, 3.63) is 35.8 Å². The second-order valence-electron chi connectivity index (χ2n) is 6.39. The molecule has 1 saturated heterocycles. The van der Waals surface area contributed by atoms with Crippen LogP contribution in [0.25, 0.3) is 0 Å². The molecule has 0 bridgehead atoms. The van der Waals surface area contributed by atoms with Crippen LogP contribution in [0.15, 0.2) is 24.4 Å². The van der Waals surface area contributed by atoms with Crippen LogP contribution in [0.2, 0.25) is 0 Å². The van der Waals surface area contributed by atoms with Gasteiger partial charge in [-0.3, -0.25) is 4.79 Å². The number of methoxy groups -OCH3 is 1. The molecule has 0 N–H and O–H groups in total. The standard InChI is InChI=1S/C18H24N6O2/c1-13-20-15(22(2)3)11-16(21-13)23-7-9-24(10-8-23)18(25)14-5-6-17(26-4)19-12-14/h5-6,11-12H,7-10H2,1-4H3. The van der Waals surface area contributed by atoms with Crippen molar-refractivity contribution in [3.8, 4) is 5.88 Å². The van der Waals surface area contributed by atoms with Gasteiger partial charge in [0, 0.05) is 58.6 Å². The number of carbonyl (C=O) groups excluding carboxylic acids is 1. The smallest absolute Gasteiger partial charge is 0.255 e. The SMILES string of the molecule is COc1ccc(C(=O)N2CCN(c3cc(N(C)C)nc(C)n3)CC2)cn1. The summed E-state index contributed by atoms with van der Waals surface area (Å²) in [5.74, 6) is 3.03. The highest BCUT2D eigenvalue weighted by Gasteiger charge is 2.23. The molecule has 26 heavy (non-hydrogen) atoms. The molecule has 0 saturated carbocycles. The molecule has 1 fully saturated rings. The molecule has 0 radical (unpaired) electrons. The number of ether oxygens (including phenoxy) is 1. The lowest BCUT2D eigenvalue weighted by Gasteiger charge is -2.35. The summed E-state index contributed by atoms with van der Waals surface area (Å²) in [7, 11) is 5.48. The first kappa shape index (κ1) is 17.9. The van der Waals surface area contributed by atoms with E-state index in [-0.39, 0.29) is 5.91 Å². The summed E-state index contributed by atoms with van der Waals surface area (Å²) in [6.07, 6.45) is 1.56. The molecule has 1 aliphatic rings. The minimum Gasteiger partial charge on any atom is -0.481 e. The minimum atomic E-state index is -0.00680. The third kappa shape index (κ3) is 3.84. The first-order valence-corrected chi connectivity index (χ1v) is 8.55. The van der Waals surface area contributed by atoms with E-state index >= 15 is 0 Å². The van der Waals surface area contributed by atoms with Crippen molar-refractivity contribution in [2.75, 3.05) is 57.2 Å². The van der Waals surface area contributed by atoms with E-state index < -0.39 is 0 Å². The molecule has 138 valence electrons. The van der Waals surface area contributed by atoms with Crippen molar-refractivity contribution in [2.45, 2.75) is 6.92 Å².